The first-order valence-electron chi connectivity index (χ1n) is 19.6. The van der Waals surface area contributed by atoms with Gasteiger partial charge in [0.25, 0.3) is 0 Å². The van der Waals surface area contributed by atoms with Gasteiger partial charge in [-0.25, -0.2) is 4.79 Å². The van der Waals surface area contributed by atoms with Crippen LogP contribution in [0.25, 0.3) is 0 Å². The molecule has 2 fully saturated rings. The first-order chi connectivity index (χ1) is 22.4. The summed E-state index contributed by atoms with van der Waals surface area (Å²) in [6.07, 6.45) is 24.1. The van der Waals surface area contributed by atoms with Crippen molar-refractivity contribution in [1.82, 2.24) is 0 Å². The number of aryl methyl sites for hydroxylation is 2. The van der Waals surface area contributed by atoms with Gasteiger partial charge in [0, 0.05) is 0 Å². The zero-order valence-corrected chi connectivity index (χ0v) is 30.6. The molecule has 2 aromatic carbocycles. The van der Waals surface area contributed by atoms with Gasteiger partial charge in [0.1, 0.15) is 11.2 Å². The Morgan fingerprint density at radius 1 is 0.478 bits per heavy atom. The smallest absolute Gasteiger partial charge is 0.423 e. The van der Waals surface area contributed by atoms with Crippen molar-refractivity contribution < 1.29 is 14.3 Å². The van der Waals surface area contributed by atoms with Crippen molar-refractivity contribution in [3.63, 3.8) is 0 Å². The van der Waals surface area contributed by atoms with E-state index in [0.29, 0.717) is 0 Å². The minimum atomic E-state index is -0.526. The van der Waals surface area contributed by atoms with Gasteiger partial charge in [0.05, 0.1) is 0 Å². The molecule has 0 saturated heterocycles. The molecule has 0 aromatic heterocycles. The zero-order valence-electron chi connectivity index (χ0n) is 30.6. The summed E-state index contributed by atoms with van der Waals surface area (Å²) in [5, 5.41) is 0. The molecule has 2 aliphatic carbocycles. The van der Waals surface area contributed by atoms with E-state index in [1.54, 1.807) is 11.1 Å². The second-order valence-corrected chi connectivity index (χ2v) is 14.5. The highest BCUT2D eigenvalue weighted by molar-refractivity contribution is 5.64. The number of unbranched alkanes of at least 4 members (excludes halogenated alkanes) is 6. The van der Waals surface area contributed by atoms with Crippen molar-refractivity contribution in [2.75, 3.05) is 0 Å². The summed E-state index contributed by atoms with van der Waals surface area (Å²) in [6.45, 7) is 13.7. The Kier molecular flexibility index (Phi) is 14.1. The van der Waals surface area contributed by atoms with E-state index in [2.05, 4.69) is 65.8 Å². The summed E-state index contributed by atoms with van der Waals surface area (Å²) in [5.41, 5.74) is 10.5. The number of rotatable bonds is 22. The third kappa shape index (κ3) is 8.99. The summed E-state index contributed by atoms with van der Waals surface area (Å²) in [4.78, 5) is 13.8. The van der Waals surface area contributed by atoms with Crippen molar-refractivity contribution in [1.29, 1.82) is 0 Å². The highest BCUT2D eigenvalue weighted by atomic mass is 16.7. The second kappa shape index (κ2) is 17.7. The zero-order chi connectivity index (χ0) is 33.0. The number of ether oxygens (including phenoxy) is 2. The third-order valence-corrected chi connectivity index (χ3v) is 10.7. The topological polar surface area (TPSA) is 35.5 Å². The molecule has 46 heavy (non-hydrogen) atoms. The number of hydrogen-bond acceptors (Lipinski definition) is 3. The standard InChI is InChI=1S/C43H66O3/c1-7-13-19-33-25-27-39(37(23-17-11-5)35(33)21-15-9-3)42(29-30-42)45-41(44)46-43(31-32-43)40-28-26-34(20-14-8-2)36(22-16-10-4)38(40)24-18-12-6/h25-28H,7-24,29-32H2,1-6H3. The van der Waals surface area contributed by atoms with Gasteiger partial charge in [-0.05, 0) is 147 Å². The molecule has 4 rings (SSSR count). The number of benzene rings is 2. The van der Waals surface area contributed by atoms with Crippen LogP contribution in [0, 0.1) is 0 Å². The lowest BCUT2D eigenvalue weighted by atomic mass is 9.85. The largest absolute Gasteiger partial charge is 0.510 e. The average molecular weight is 631 g/mol. The summed E-state index contributed by atoms with van der Waals surface area (Å²) >= 11 is 0. The molecule has 0 N–H and O–H groups in total. The van der Waals surface area contributed by atoms with Crippen molar-refractivity contribution in [2.24, 2.45) is 0 Å². The molecule has 3 heteroatoms. The number of carbonyl (C=O) groups excluding carboxylic acids is 1. The van der Waals surface area contributed by atoms with E-state index in [1.165, 1.54) is 110 Å². The first-order valence-corrected chi connectivity index (χ1v) is 19.6. The summed E-state index contributed by atoms with van der Waals surface area (Å²) in [7, 11) is 0. The van der Waals surface area contributed by atoms with Crippen LogP contribution in [0.5, 0.6) is 0 Å². The first kappa shape index (κ1) is 36.5. The molecule has 2 aliphatic rings. The lowest BCUT2D eigenvalue weighted by molar-refractivity contribution is -0.0221. The molecule has 0 aliphatic heterocycles. The van der Waals surface area contributed by atoms with Crippen LogP contribution >= 0.6 is 0 Å². The van der Waals surface area contributed by atoms with E-state index in [4.69, 9.17) is 9.47 Å². The Morgan fingerprint density at radius 2 is 0.783 bits per heavy atom. The van der Waals surface area contributed by atoms with E-state index in [9.17, 15) is 4.79 Å². The van der Waals surface area contributed by atoms with Gasteiger partial charge in [0.15, 0.2) is 0 Å². The van der Waals surface area contributed by atoms with E-state index in [1.807, 2.05) is 0 Å². The highest BCUT2D eigenvalue weighted by Gasteiger charge is 2.54. The van der Waals surface area contributed by atoms with Crippen LogP contribution in [0.3, 0.4) is 0 Å². The molecular weight excluding hydrogens is 564 g/mol. The third-order valence-electron chi connectivity index (χ3n) is 10.7. The van der Waals surface area contributed by atoms with Crippen molar-refractivity contribution in [2.45, 2.75) is 194 Å². The van der Waals surface area contributed by atoms with Crippen LogP contribution < -0.4 is 0 Å². The predicted octanol–water partition coefficient (Wildman–Crippen LogP) is 12.6. The monoisotopic (exact) mass is 631 g/mol. The molecule has 0 spiro atoms. The molecule has 0 bridgehead atoms. The van der Waals surface area contributed by atoms with Gasteiger partial charge in [-0.15, -0.1) is 0 Å². The Bertz CT molecular complexity index is 1150. The molecule has 256 valence electrons. The quantitative estimate of drug-likeness (QED) is 0.121. The number of carbonyl (C=O) groups is 1. The number of hydrogen-bond donors (Lipinski definition) is 0. The fourth-order valence-corrected chi connectivity index (χ4v) is 7.57. The van der Waals surface area contributed by atoms with E-state index in [-0.39, 0.29) is 0 Å². The molecular formula is C43H66O3. The second-order valence-electron chi connectivity index (χ2n) is 14.5. The molecule has 3 nitrogen and oxygen atoms in total. The van der Waals surface area contributed by atoms with Crippen LogP contribution in [-0.4, -0.2) is 6.16 Å². The minimum absolute atomic E-state index is 0.465. The Balaban J connectivity index is 1.63. The van der Waals surface area contributed by atoms with Gasteiger partial charge < -0.3 is 9.47 Å². The molecule has 0 radical (unpaired) electrons. The van der Waals surface area contributed by atoms with Crippen LogP contribution in [0.1, 0.15) is 189 Å². The van der Waals surface area contributed by atoms with Crippen LogP contribution in [-0.2, 0) is 59.2 Å². The van der Waals surface area contributed by atoms with Crippen LogP contribution in [0.2, 0.25) is 0 Å². The van der Waals surface area contributed by atoms with Gasteiger partial charge in [-0.3, -0.25) is 0 Å². The Morgan fingerprint density at radius 3 is 1.09 bits per heavy atom. The van der Waals surface area contributed by atoms with E-state index >= 15 is 0 Å². The highest BCUT2D eigenvalue weighted by Crippen LogP contribution is 2.55. The average Bonchev–Trinajstić information content (AvgIpc) is 4.00. The molecule has 0 amide bonds. The van der Waals surface area contributed by atoms with Crippen molar-refractivity contribution >= 4 is 6.16 Å². The Hall–Kier alpha value is -2.29. The van der Waals surface area contributed by atoms with Gasteiger partial charge in [-0.1, -0.05) is 104 Å². The summed E-state index contributed by atoms with van der Waals surface area (Å²) < 4.78 is 12.9. The molecule has 0 atom stereocenters. The summed E-state index contributed by atoms with van der Waals surface area (Å²) in [6, 6.07) is 9.36. The van der Waals surface area contributed by atoms with Crippen LogP contribution in [0.15, 0.2) is 24.3 Å². The maximum atomic E-state index is 13.8. The predicted molar refractivity (Wildman–Crippen MR) is 194 cm³/mol. The maximum absolute atomic E-state index is 13.8. The lowest BCUT2D eigenvalue weighted by Crippen LogP contribution is -2.26. The summed E-state index contributed by atoms with van der Waals surface area (Å²) in [5.74, 6) is 0. The molecule has 2 saturated carbocycles. The maximum Gasteiger partial charge on any atom is 0.510 e. The minimum Gasteiger partial charge on any atom is -0.423 e. The normalized spacial score (nSPS) is 16.0. The van der Waals surface area contributed by atoms with Gasteiger partial charge in [0.2, 0.25) is 0 Å². The van der Waals surface area contributed by atoms with Crippen LogP contribution in [0.4, 0.5) is 4.79 Å². The fraction of sp³-hybridized carbons (Fsp3) is 0.698. The van der Waals surface area contributed by atoms with E-state index < -0.39 is 17.4 Å². The van der Waals surface area contributed by atoms with Gasteiger partial charge in [-0.2, -0.15) is 0 Å². The molecule has 2 aromatic rings. The fourth-order valence-electron chi connectivity index (χ4n) is 7.57. The lowest BCUT2D eigenvalue weighted by Gasteiger charge is -2.27. The van der Waals surface area contributed by atoms with E-state index in [0.717, 1.165) is 64.2 Å². The Labute approximate surface area is 282 Å². The van der Waals surface area contributed by atoms with Crippen molar-refractivity contribution in [3.8, 4) is 0 Å². The van der Waals surface area contributed by atoms with Gasteiger partial charge >= 0.3 is 6.16 Å². The molecule has 0 heterocycles. The molecule has 0 unspecified atom stereocenters. The van der Waals surface area contributed by atoms with Crippen molar-refractivity contribution in [3.05, 3.63) is 68.8 Å². The SMILES string of the molecule is CCCCc1ccc(C2(OC(=O)OC3(c4ccc(CCCC)c(CCCC)c4CCCC)CC3)CC2)c(CCCC)c1CCCC.